The van der Waals surface area contributed by atoms with Gasteiger partial charge in [0.2, 0.25) is 5.91 Å². The van der Waals surface area contributed by atoms with E-state index in [1.54, 1.807) is 0 Å². The van der Waals surface area contributed by atoms with Gasteiger partial charge in [0.05, 0.1) is 11.3 Å². The number of amides is 1. The molecule has 2 aliphatic rings. The first kappa shape index (κ1) is 13.1. The molecule has 0 spiro atoms. The van der Waals surface area contributed by atoms with Crippen LogP contribution in [0.2, 0.25) is 0 Å². The maximum absolute atomic E-state index is 11.9. The monoisotopic (exact) mass is 274 g/mol. The molecule has 106 valence electrons. The molecule has 0 aliphatic carbocycles. The van der Waals surface area contributed by atoms with E-state index in [9.17, 15) is 9.59 Å². The lowest BCUT2D eigenvalue weighted by atomic mass is 9.84. The molecular weight excluding hydrogens is 256 g/mol. The van der Waals surface area contributed by atoms with E-state index in [1.807, 2.05) is 32.0 Å². The van der Waals surface area contributed by atoms with Gasteiger partial charge < -0.3 is 15.7 Å². The zero-order valence-corrected chi connectivity index (χ0v) is 11.6. The van der Waals surface area contributed by atoms with Gasteiger partial charge in [-0.3, -0.25) is 9.59 Å². The summed E-state index contributed by atoms with van der Waals surface area (Å²) < 4.78 is 0. The summed E-state index contributed by atoms with van der Waals surface area (Å²) >= 11 is 0. The molecular formula is C15H18N2O3. The molecule has 3 rings (SSSR count). The summed E-state index contributed by atoms with van der Waals surface area (Å²) in [5.41, 5.74) is 2.37. The van der Waals surface area contributed by atoms with Crippen LogP contribution < -0.4 is 10.6 Å². The van der Waals surface area contributed by atoms with E-state index >= 15 is 0 Å². The van der Waals surface area contributed by atoms with Crippen LogP contribution in [-0.2, 0) is 15.0 Å². The first-order chi connectivity index (χ1) is 9.39. The van der Waals surface area contributed by atoms with E-state index < -0.39 is 11.4 Å². The number of carboxylic acid groups (broad SMARTS) is 1. The van der Waals surface area contributed by atoms with Gasteiger partial charge in [0, 0.05) is 18.3 Å². The van der Waals surface area contributed by atoms with Crippen molar-refractivity contribution in [2.24, 2.45) is 5.92 Å². The summed E-state index contributed by atoms with van der Waals surface area (Å²) in [5.74, 6) is -1.08. The Labute approximate surface area is 117 Å². The number of rotatable bonds is 2. The number of carbonyl (C=O) groups is 2. The lowest BCUT2D eigenvalue weighted by Crippen LogP contribution is -2.27. The van der Waals surface area contributed by atoms with Crippen LogP contribution in [-0.4, -0.2) is 23.5 Å². The van der Waals surface area contributed by atoms with Gasteiger partial charge in [-0.05, 0) is 37.5 Å². The lowest BCUT2D eigenvalue weighted by molar-refractivity contribution is -0.141. The number of hydrogen-bond donors (Lipinski definition) is 3. The number of benzene rings is 1. The van der Waals surface area contributed by atoms with Crippen molar-refractivity contribution in [3.8, 4) is 0 Å². The van der Waals surface area contributed by atoms with Gasteiger partial charge in [-0.1, -0.05) is 12.1 Å². The normalized spacial score (nSPS) is 27.2. The topological polar surface area (TPSA) is 78.4 Å². The number of carbonyl (C=O) groups excluding carboxylic acids is 1. The molecule has 5 heteroatoms. The van der Waals surface area contributed by atoms with E-state index in [4.69, 9.17) is 5.11 Å². The first-order valence-corrected chi connectivity index (χ1v) is 6.81. The molecule has 1 aromatic rings. The Kier molecular flexibility index (Phi) is 2.83. The van der Waals surface area contributed by atoms with Crippen LogP contribution in [0.15, 0.2) is 18.2 Å². The third-order valence-electron chi connectivity index (χ3n) is 4.42. The Morgan fingerprint density at radius 2 is 2.15 bits per heavy atom. The third-order valence-corrected chi connectivity index (χ3v) is 4.42. The molecule has 2 atom stereocenters. The fraction of sp³-hybridized carbons (Fsp3) is 0.467. The van der Waals surface area contributed by atoms with Crippen molar-refractivity contribution < 1.29 is 14.7 Å². The number of fused-ring (bicyclic) bond motifs is 1. The summed E-state index contributed by atoms with van der Waals surface area (Å²) in [7, 11) is 0. The Hall–Kier alpha value is -1.88. The molecule has 2 aliphatic heterocycles. The highest BCUT2D eigenvalue weighted by Gasteiger charge is 2.39. The van der Waals surface area contributed by atoms with Crippen molar-refractivity contribution in [2.45, 2.75) is 31.7 Å². The second-order valence-corrected chi connectivity index (χ2v) is 6.12. The second-order valence-electron chi connectivity index (χ2n) is 6.12. The Morgan fingerprint density at radius 3 is 2.80 bits per heavy atom. The maximum Gasteiger partial charge on any atom is 0.307 e. The van der Waals surface area contributed by atoms with Crippen molar-refractivity contribution in [2.75, 3.05) is 11.9 Å². The van der Waals surface area contributed by atoms with Gasteiger partial charge in [-0.25, -0.2) is 0 Å². The second kappa shape index (κ2) is 4.31. The highest BCUT2D eigenvalue weighted by atomic mass is 16.4. The van der Waals surface area contributed by atoms with Gasteiger partial charge in [0.15, 0.2) is 0 Å². The molecule has 2 unspecified atom stereocenters. The molecule has 20 heavy (non-hydrogen) atoms. The van der Waals surface area contributed by atoms with E-state index in [-0.39, 0.29) is 17.9 Å². The third kappa shape index (κ3) is 1.89. The summed E-state index contributed by atoms with van der Waals surface area (Å²) in [6, 6.07) is 5.94. The van der Waals surface area contributed by atoms with Gasteiger partial charge in [0.1, 0.15) is 0 Å². The Morgan fingerprint density at radius 1 is 1.40 bits per heavy atom. The SMILES string of the molecule is CC1(C)C(=O)Nc2ccc(C3CC(C(=O)O)CN3)cc21. The quantitative estimate of drug-likeness (QED) is 0.766. The van der Waals surface area contributed by atoms with Crippen LogP contribution in [0.5, 0.6) is 0 Å². The smallest absolute Gasteiger partial charge is 0.307 e. The van der Waals surface area contributed by atoms with E-state index in [0.29, 0.717) is 13.0 Å². The van der Waals surface area contributed by atoms with Gasteiger partial charge in [0.25, 0.3) is 0 Å². The minimum absolute atomic E-state index is 0.00689. The zero-order valence-electron chi connectivity index (χ0n) is 11.6. The van der Waals surface area contributed by atoms with Crippen molar-refractivity contribution in [3.05, 3.63) is 29.3 Å². The number of anilines is 1. The van der Waals surface area contributed by atoms with E-state index in [2.05, 4.69) is 10.6 Å². The van der Waals surface area contributed by atoms with Crippen molar-refractivity contribution in [1.29, 1.82) is 0 Å². The summed E-state index contributed by atoms with van der Waals surface area (Å²) in [6.45, 7) is 4.30. The Bertz CT molecular complexity index is 595. The summed E-state index contributed by atoms with van der Waals surface area (Å²) in [5, 5.41) is 15.2. The van der Waals surface area contributed by atoms with Crippen LogP contribution in [0.1, 0.15) is 37.4 Å². The van der Waals surface area contributed by atoms with Crippen LogP contribution in [0, 0.1) is 5.92 Å². The predicted molar refractivity (Wildman–Crippen MR) is 74.6 cm³/mol. The fourth-order valence-corrected chi connectivity index (χ4v) is 2.98. The van der Waals surface area contributed by atoms with Gasteiger partial charge in [-0.15, -0.1) is 0 Å². The van der Waals surface area contributed by atoms with Crippen molar-refractivity contribution in [1.82, 2.24) is 5.32 Å². The van der Waals surface area contributed by atoms with Crippen molar-refractivity contribution in [3.63, 3.8) is 0 Å². The molecule has 3 N–H and O–H groups in total. The largest absolute Gasteiger partial charge is 0.481 e. The maximum atomic E-state index is 11.9. The van der Waals surface area contributed by atoms with Crippen LogP contribution >= 0.6 is 0 Å². The lowest BCUT2D eigenvalue weighted by Gasteiger charge is -2.18. The molecule has 1 amide bonds. The zero-order chi connectivity index (χ0) is 14.5. The van der Waals surface area contributed by atoms with Crippen LogP contribution in [0.25, 0.3) is 0 Å². The van der Waals surface area contributed by atoms with E-state index in [0.717, 1.165) is 16.8 Å². The number of carboxylic acids is 1. The molecule has 1 fully saturated rings. The minimum atomic E-state index is -0.752. The number of aliphatic carboxylic acids is 1. The molecule has 0 aromatic heterocycles. The summed E-state index contributed by atoms with van der Waals surface area (Å²) in [6.07, 6.45) is 0.593. The Balaban J connectivity index is 1.90. The highest BCUT2D eigenvalue weighted by molar-refractivity contribution is 6.05. The molecule has 1 aromatic carbocycles. The van der Waals surface area contributed by atoms with Gasteiger partial charge in [-0.2, -0.15) is 0 Å². The predicted octanol–water partition coefficient (Wildman–Crippen LogP) is 1.65. The van der Waals surface area contributed by atoms with Gasteiger partial charge >= 0.3 is 5.97 Å². The standard InChI is InChI=1S/C15H18N2O3/c1-15(2)10-5-8(3-4-11(10)17-14(15)20)12-6-9(7-16-12)13(18)19/h3-5,9,12,16H,6-7H2,1-2H3,(H,17,20)(H,18,19). The average Bonchev–Trinajstić information content (AvgIpc) is 2.95. The fourth-order valence-electron chi connectivity index (χ4n) is 2.98. The number of hydrogen-bond acceptors (Lipinski definition) is 3. The first-order valence-electron chi connectivity index (χ1n) is 6.81. The molecule has 0 saturated carbocycles. The van der Waals surface area contributed by atoms with Crippen LogP contribution in [0.3, 0.4) is 0 Å². The molecule has 5 nitrogen and oxygen atoms in total. The minimum Gasteiger partial charge on any atom is -0.481 e. The molecule has 0 bridgehead atoms. The summed E-state index contributed by atoms with van der Waals surface area (Å²) in [4.78, 5) is 22.9. The number of nitrogens with one attached hydrogen (secondary N) is 2. The molecule has 1 saturated heterocycles. The van der Waals surface area contributed by atoms with Crippen molar-refractivity contribution >= 4 is 17.6 Å². The molecule has 2 heterocycles. The highest BCUT2D eigenvalue weighted by Crippen LogP contribution is 2.39. The average molecular weight is 274 g/mol. The molecule has 0 radical (unpaired) electrons. The van der Waals surface area contributed by atoms with E-state index in [1.165, 1.54) is 0 Å². The van der Waals surface area contributed by atoms with Crippen LogP contribution in [0.4, 0.5) is 5.69 Å².